The van der Waals surface area contributed by atoms with E-state index >= 15 is 0 Å². The zero-order valence-corrected chi connectivity index (χ0v) is 15.5. The molecule has 1 N–H and O–H groups in total. The summed E-state index contributed by atoms with van der Waals surface area (Å²) in [6.45, 7) is 0. The van der Waals surface area contributed by atoms with E-state index in [2.05, 4.69) is 5.32 Å². The van der Waals surface area contributed by atoms with Crippen molar-refractivity contribution in [2.75, 3.05) is 5.32 Å². The number of nitro groups is 1. The molecule has 3 aromatic rings. The molecule has 1 aliphatic rings. The molecule has 0 saturated carbocycles. The number of halogens is 2. The van der Waals surface area contributed by atoms with E-state index in [9.17, 15) is 19.7 Å². The first-order valence-corrected chi connectivity index (χ1v) is 8.85. The van der Waals surface area contributed by atoms with Crippen LogP contribution < -0.4 is 5.32 Å². The number of rotatable bonds is 3. The summed E-state index contributed by atoms with van der Waals surface area (Å²) in [6.07, 6.45) is 0. The number of fused-ring (bicyclic) bond motifs is 2. The summed E-state index contributed by atoms with van der Waals surface area (Å²) in [6, 6.07) is 13.4. The van der Waals surface area contributed by atoms with Gasteiger partial charge in [0.25, 0.3) is 5.69 Å². The molecule has 28 heavy (non-hydrogen) atoms. The Kier molecular flexibility index (Phi) is 4.37. The number of nitrogens with zero attached hydrogens (tertiary/aromatic N) is 1. The van der Waals surface area contributed by atoms with Gasteiger partial charge in [0, 0.05) is 33.8 Å². The molecule has 0 aromatic heterocycles. The molecular weight excluding hydrogens is 403 g/mol. The third-order valence-electron chi connectivity index (χ3n) is 4.42. The van der Waals surface area contributed by atoms with Crippen LogP contribution in [0.4, 0.5) is 17.1 Å². The van der Waals surface area contributed by atoms with E-state index in [-0.39, 0.29) is 38.4 Å². The first-order valence-electron chi connectivity index (χ1n) is 8.10. The minimum absolute atomic E-state index is 0.0953. The molecule has 1 aliphatic carbocycles. The van der Waals surface area contributed by atoms with Crippen LogP contribution in [0, 0.1) is 10.1 Å². The summed E-state index contributed by atoms with van der Waals surface area (Å²) in [7, 11) is 0. The van der Waals surface area contributed by atoms with Crippen molar-refractivity contribution in [2.24, 2.45) is 0 Å². The van der Waals surface area contributed by atoms with Crippen LogP contribution >= 0.6 is 23.2 Å². The molecule has 0 amide bonds. The van der Waals surface area contributed by atoms with E-state index in [1.807, 2.05) is 0 Å². The summed E-state index contributed by atoms with van der Waals surface area (Å²) in [5, 5.41) is 14.2. The van der Waals surface area contributed by atoms with Crippen molar-refractivity contribution < 1.29 is 14.5 Å². The largest absolute Gasteiger partial charge is 0.354 e. The van der Waals surface area contributed by atoms with Crippen LogP contribution in [-0.2, 0) is 0 Å². The lowest BCUT2D eigenvalue weighted by Gasteiger charge is -2.21. The fraction of sp³-hybridized carbons (Fsp3) is 0. The van der Waals surface area contributed by atoms with Gasteiger partial charge >= 0.3 is 0 Å². The molecule has 0 unspecified atom stereocenters. The number of hydrogen-bond donors (Lipinski definition) is 1. The monoisotopic (exact) mass is 412 g/mol. The molecule has 8 heteroatoms. The first kappa shape index (κ1) is 18.2. The van der Waals surface area contributed by atoms with Crippen molar-refractivity contribution in [3.63, 3.8) is 0 Å². The standard InChI is InChI=1S/C20H10Cl2N2O4/c21-10-7-14-18(20(26)13-4-2-1-3-12(13)19(14)25)17(8-10)23-16-6-5-11(24(27)28)9-15(16)22/h1-9,23H. The van der Waals surface area contributed by atoms with Gasteiger partial charge in [-0.2, -0.15) is 0 Å². The lowest BCUT2D eigenvalue weighted by atomic mass is 9.83. The number of ketones is 2. The molecule has 6 nitrogen and oxygen atoms in total. The molecule has 0 bridgehead atoms. The molecule has 0 atom stereocenters. The normalized spacial score (nSPS) is 12.4. The number of nitro benzene ring substituents is 1. The van der Waals surface area contributed by atoms with Crippen LogP contribution in [0.1, 0.15) is 31.8 Å². The lowest BCUT2D eigenvalue weighted by Crippen LogP contribution is -2.22. The molecule has 0 aliphatic heterocycles. The predicted octanol–water partition coefficient (Wildman–Crippen LogP) is 5.42. The zero-order chi connectivity index (χ0) is 20.0. The number of nitrogens with one attached hydrogen (secondary N) is 1. The van der Waals surface area contributed by atoms with Crippen LogP contribution in [0.15, 0.2) is 54.6 Å². The molecule has 0 spiro atoms. The molecule has 0 saturated heterocycles. The van der Waals surface area contributed by atoms with E-state index in [1.165, 1.54) is 30.3 Å². The summed E-state index contributed by atoms with van der Waals surface area (Å²) in [4.78, 5) is 36.2. The van der Waals surface area contributed by atoms with Crippen molar-refractivity contribution in [1.29, 1.82) is 0 Å². The van der Waals surface area contributed by atoms with Gasteiger partial charge in [-0.3, -0.25) is 19.7 Å². The van der Waals surface area contributed by atoms with Gasteiger partial charge < -0.3 is 5.32 Å². The third-order valence-corrected chi connectivity index (χ3v) is 4.95. The quantitative estimate of drug-likeness (QED) is 0.358. The van der Waals surface area contributed by atoms with Crippen LogP contribution in [0.2, 0.25) is 10.0 Å². The molecule has 0 heterocycles. The second-order valence-corrected chi connectivity index (χ2v) is 6.97. The van der Waals surface area contributed by atoms with Gasteiger partial charge in [-0.15, -0.1) is 0 Å². The number of anilines is 2. The van der Waals surface area contributed by atoms with Gasteiger partial charge in [0.2, 0.25) is 0 Å². The maximum atomic E-state index is 13.0. The number of hydrogen-bond acceptors (Lipinski definition) is 5. The van der Waals surface area contributed by atoms with Gasteiger partial charge in [-0.1, -0.05) is 47.5 Å². The smallest absolute Gasteiger partial charge is 0.271 e. The summed E-state index contributed by atoms with van der Waals surface area (Å²) in [5.74, 6) is -0.618. The minimum atomic E-state index is -0.559. The van der Waals surface area contributed by atoms with Gasteiger partial charge in [-0.25, -0.2) is 0 Å². The highest BCUT2D eigenvalue weighted by molar-refractivity contribution is 6.35. The first-order chi connectivity index (χ1) is 13.4. The van der Waals surface area contributed by atoms with Gasteiger partial charge in [-0.05, 0) is 18.2 Å². The Labute approximate surface area is 168 Å². The second-order valence-electron chi connectivity index (χ2n) is 6.13. The predicted molar refractivity (Wildman–Crippen MR) is 106 cm³/mol. The molecule has 0 fully saturated rings. The summed E-state index contributed by atoms with van der Waals surface area (Å²) < 4.78 is 0. The molecule has 4 rings (SSSR count). The van der Waals surface area contributed by atoms with Crippen molar-refractivity contribution in [1.82, 2.24) is 0 Å². The maximum absolute atomic E-state index is 13.0. The fourth-order valence-corrected chi connectivity index (χ4v) is 3.59. The molecule has 138 valence electrons. The Hall–Kier alpha value is -3.22. The van der Waals surface area contributed by atoms with E-state index in [1.54, 1.807) is 24.3 Å². The van der Waals surface area contributed by atoms with Crippen LogP contribution in [-0.4, -0.2) is 16.5 Å². The average molecular weight is 413 g/mol. The third kappa shape index (κ3) is 2.93. The number of carbonyl (C=O) groups excluding carboxylic acids is 2. The maximum Gasteiger partial charge on any atom is 0.271 e. The van der Waals surface area contributed by atoms with E-state index in [4.69, 9.17) is 23.2 Å². The van der Waals surface area contributed by atoms with Crippen LogP contribution in [0.25, 0.3) is 0 Å². The number of carbonyl (C=O) groups is 2. The average Bonchev–Trinajstić information content (AvgIpc) is 2.67. The van der Waals surface area contributed by atoms with Crippen LogP contribution in [0.5, 0.6) is 0 Å². The number of benzene rings is 3. The van der Waals surface area contributed by atoms with E-state index in [0.717, 1.165) is 0 Å². The minimum Gasteiger partial charge on any atom is -0.354 e. The van der Waals surface area contributed by atoms with Gasteiger partial charge in [0.1, 0.15) is 0 Å². The Balaban J connectivity index is 1.84. The molecule has 3 aromatic carbocycles. The van der Waals surface area contributed by atoms with Crippen molar-refractivity contribution in [3.8, 4) is 0 Å². The zero-order valence-electron chi connectivity index (χ0n) is 14.0. The topological polar surface area (TPSA) is 89.3 Å². The van der Waals surface area contributed by atoms with Gasteiger partial charge in [0.05, 0.1) is 26.9 Å². The Bertz CT molecular complexity index is 1190. The van der Waals surface area contributed by atoms with E-state index in [0.29, 0.717) is 22.5 Å². The van der Waals surface area contributed by atoms with Crippen molar-refractivity contribution in [2.45, 2.75) is 0 Å². The summed E-state index contributed by atoms with van der Waals surface area (Å²) in [5.41, 5.74) is 1.48. The Morgan fingerprint density at radius 2 is 1.50 bits per heavy atom. The number of non-ortho nitro benzene ring substituents is 1. The highest BCUT2D eigenvalue weighted by Crippen LogP contribution is 2.37. The van der Waals surface area contributed by atoms with Crippen LogP contribution in [0.3, 0.4) is 0 Å². The van der Waals surface area contributed by atoms with E-state index < -0.39 is 4.92 Å². The Morgan fingerprint density at radius 1 is 0.821 bits per heavy atom. The van der Waals surface area contributed by atoms with Gasteiger partial charge in [0.15, 0.2) is 11.6 Å². The van der Waals surface area contributed by atoms with Crippen molar-refractivity contribution in [3.05, 3.63) is 97.0 Å². The lowest BCUT2D eigenvalue weighted by molar-refractivity contribution is -0.384. The Morgan fingerprint density at radius 3 is 2.14 bits per heavy atom. The highest BCUT2D eigenvalue weighted by Gasteiger charge is 2.32. The SMILES string of the molecule is O=C1c2ccccc2C(=O)c2c(Nc3ccc([N+](=O)[O-])cc3Cl)cc(Cl)cc21. The second kappa shape index (κ2) is 6.74. The summed E-state index contributed by atoms with van der Waals surface area (Å²) >= 11 is 12.3. The molecule has 0 radical (unpaired) electrons. The highest BCUT2D eigenvalue weighted by atomic mass is 35.5. The molecular formula is C20H10Cl2N2O4. The van der Waals surface area contributed by atoms with Crippen molar-refractivity contribution >= 4 is 51.8 Å². The fourth-order valence-electron chi connectivity index (χ4n) is 3.15.